The highest BCUT2D eigenvalue weighted by atomic mass is 35.5. The van der Waals surface area contributed by atoms with E-state index in [1.54, 1.807) is 18.2 Å². The van der Waals surface area contributed by atoms with E-state index in [0.29, 0.717) is 30.3 Å². The van der Waals surface area contributed by atoms with Crippen molar-refractivity contribution in [1.29, 1.82) is 5.26 Å². The average molecular weight is 483 g/mol. The molecule has 2 heterocycles. The highest BCUT2D eigenvalue weighted by molar-refractivity contribution is 6.29. The van der Waals surface area contributed by atoms with Gasteiger partial charge in [-0.25, -0.2) is 4.98 Å². The number of halogens is 1. The van der Waals surface area contributed by atoms with Crippen LogP contribution in [0.2, 0.25) is 5.15 Å². The largest absolute Gasteiger partial charge is 0.492 e. The van der Waals surface area contributed by atoms with Gasteiger partial charge in [-0.1, -0.05) is 43.6 Å². The molecular weight excluding hydrogens is 452 g/mol. The zero-order valence-corrected chi connectivity index (χ0v) is 20.5. The molecule has 0 aliphatic carbocycles. The minimum absolute atomic E-state index is 0.0240. The molecule has 0 atom stereocenters. The van der Waals surface area contributed by atoms with E-state index >= 15 is 0 Å². The van der Waals surface area contributed by atoms with Crippen molar-refractivity contribution >= 4 is 23.6 Å². The molecule has 8 heteroatoms. The van der Waals surface area contributed by atoms with Crippen LogP contribution in [0.15, 0.2) is 48.0 Å². The van der Waals surface area contributed by atoms with Crippen LogP contribution in [0.1, 0.15) is 37.9 Å². The third-order valence-corrected chi connectivity index (χ3v) is 6.35. The Labute approximate surface area is 206 Å². The summed E-state index contributed by atoms with van der Waals surface area (Å²) in [6.07, 6.45) is 2.78. The molecule has 180 valence electrons. The van der Waals surface area contributed by atoms with Crippen molar-refractivity contribution in [1.82, 2.24) is 15.2 Å². The summed E-state index contributed by atoms with van der Waals surface area (Å²) >= 11 is 5.92. The van der Waals surface area contributed by atoms with E-state index < -0.39 is 11.4 Å². The smallest absolute Gasteiger partial charge is 0.262 e. The van der Waals surface area contributed by atoms with Crippen LogP contribution in [0.4, 0.5) is 0 Å². The molecule has 0 bridgehead atoms. The SMILES string of the molecule is CCC(CC)(NC(=O)/C(C#N)=C/c1cccc(Cl)n1)c1ccc(OCCN2CCOCC2)cc1. The fraction of sp³-hybridized carbons (Fsp3) is 0.423. The second-order valence-electron chi connectivity index (χ2n) is 8.13. The Morgan fingerprint density at radius 1 is 1.24 bits per heavy atom. The molecule has 0 radical (unpaired) electrons. The number of hydrogen-bond acceptors (Lipinski definition) is 6. The van der Waals surface area contributed by atoms with Gasteiger partial charge in [0.25, 0.3) is 5.91 Å². The van der Waals surface area contributed by atoms with E-state index in [4.69, 9.17) is 21.1 Å². The first-order chi connectivity index (χ1) is 16.5. The van der Waals surface area contributed by atoms with Gasteiger partial charge in [-0.3, -0.25) is 9.69 Å². The fourth-order valence-corrected chi connectivity index (χ4v) is 4.15. The number of amides is 1. The number of pyridine rings is 1. The molecule has 1 aromatic carbocycles. The van der Waals surface area contributed by atoms with Crippen molar-refractivity contribution in [3.8, 4) is 11.8 Å². The maximum Gasteiger partial charge on any atom is 0.262 e. The van der Waals surface area contributed by atoms with E-state index in [1.807, 2.05) is 44.2 Å². The molecule has 0 spiro atoms. The Morgan fingerprint density at radius 3 is 2.56 bits per heavy atom. The molecule has 1 aliphatic heterocycles. The quantitative estimate of drug-likeness (QED) is 0.310. The molecule has 3 rings (SSSR count). The molecule has 1 fully saturated rings. The lowest BCUT2D eigenvalue weighted by molar-refractivity contribution is -0.119. The fourth-order valence-electron chi connectivity index (χ4n) is 3.98. The van der Waals surface area contributed by atoms with Crippen molar-refractivity contribution in [2.45, 2.75) is 32.2 Å². The predicted molar refractivity (Wildman–Crippen MR) is 132 cm³/mol. The molecule has 1 aliphatic rings. The second-order valence-corrected chi connectivity index (χ2v) is 8.51. The van der Waals surface area contributed by atoms with Gasteiger partial charge < -0.3 is 14.8 Å². The van der Waals surface area contributed by atoms with E-state index in [-0.39, 0.29) is 5.57 Å². The van der Waals surface area contributed by atoms with Gasteiger partial charge in [0.1, 0.15) is 29.2 Å². The first kappa shape index (κ1) is 25.7. The molecular formula is C26H31ClN4O3. The van der Waals surface area contributed by atoms with Crippen LogP contribution in [0.5, 0.6) is 5.75 Å². The molecule has 2 aromatic rings. The van der Waals surface area contributed by atoms with Crippen LogP contribution in [0, 0.1) is 11.3 Å². The van der Waals surface area contributed by atoms with Crippen molar-refractivity contribution in [2.24, 2.45) is 0 Å². The minimum Gasteiger partial charge on any atom is -0.492 e. The van der Waals surface area contributed by atoms with Crippen molar-refractivity contribution in [3.05, 3.63) is 64.4 Å². The molecule has 34 heavy (non-hydrogen) atoms. The zero-order valence-electron chi connectivity index (χ0n) is 19.7. The standard InChI is InChI=1S/C26H31ClN4O3/c1-3-26(4-2,30-25(32)20(19-28)18-22-6-5-7-24(27)29-22)21-8-10-23(11-9-21)34-17-14-31-12-15-33-16-13-31/h5-11,18H,3-4,12-17H2,1-2H3,(H,30,32)/b20-18+. The van der Waals surface area contributed by atoms with Gasteiger partial charge >= 0.3 is 0 Å². The third-order valence-electron chi connectivity index (χ3n) is 6.14. The predicted octanol–water partition coefficient (Wildman–Crippen LogP) is 4.18. The van der Waals surface area contributed by atoms with Crippen LogP contribution >= 0.6 is 11.6 Å². The summed E-state index contributed by atoms with van der Waals surface area (Å²) < 4.78 is 11.3. The van der Waals surface area contributed by atoms with Crippen molar-refractivity contribution in [2.75, 3.05) is 39.5 Å². The summed E-state index contributed by atoms with van der Waals surface area (Å²) in [6.45, 7) is 8.92. The second kappa shape index (κ2) is 12.5. The topological polar surface area (TPSA) is 87.5 Å². The van der Waals surface area contributed by atoms with Gasteiger partial charge in [0.05, 0.1) is 24.4 Å². The maximum atomic E-state index is 13.0. The molecule has 7 nitrogen and oxygen atoms in total. The molecule has 0 unspecified atom stereocenters. The first-order valence-corrected chi connectivity index (χ1v) is 12.0. The average Bonchev–Trinajstić information content (AvgIpc) is 2.87. The van der Waals surface area contributed by atoms with Crippen LogP contribution in [-0.4, -0.2) is 55.2 Å². The van der Waals surface area contributed by atoms with Gasteiger partial charge in [-0.15, -0.1) is 0 Å². The number of hydrogen-bond donors (Lipinski definition) is 1. The number of nitriles is 1. The van der Waals surface area contributed by atoms with Gasteiger partial charge in [0.2, 0.25) is 0 Å². The van der Waals surface area contributed by atoms with Crippen LogP contribution < -0.4 is 10.1 Å². The summed E-state index contributed by atoms with van der Waals surface area (Å²) in [7, 11) is 0. The molecule has 1 N–H and O–H groups in total. The van der Waals surface area contributed by atoms with Gasteiger partial charge in [-0.05, 0) is 48.7 Å². The zero-order chi connectivity index (χ0) is 24.4. The number of benzene rings is 1. The Morgan fingerprint density at radius 2 is 1.94 bits per heavy atom. The monoisotopic (exact) mass is 482 g/mol. The number of nitrogens with one attached hydrogen (secondary N) is 1. The number of rotatable bonds is 10. The van der Waals surface area contributed by atoms with Crippen LogP contribution in [0.3, 0.4) is 0 Å². The molecule has 1 aromatic heterocycles. The molecule has 0 saturated carbocycles. The number of nitrogens with zero attached hydrogens (tertiary/aromatic N) is 3. The van der Waals surface area contributed by atoms with E-state index in [9.17, 15) is 10.1 Å². The maximum absolute atomic E-state index is 13.0. The normalized spacial score (nSPS) is 14.9. The van der Waals surface area contributed by atoms with E-state index in [1.165, 1.54) is 6.08 Å². The summed E-state index contributed by atoms with van der Waals surface area (Å²) in [5.41, 5.74) is 0.784. The number of aromatic nitrogens is 1. The highest BCUT2D eigenvalue weighted by Crippen LogP contribution is 2.30. The Kier molecular flexibility index (Phi) is 9.46. The Balaban J connectivity index is 1.68. The third kappa shape index (κ3) is 6.80. The number of carbonyl (C=O) groups excluding carboxylic acids is 1. The first-order valence-electron chi connectivity index (χ1n) is 11.6. The Bertz CT molecular complexity index is 1020. The van der Waals surface area contributed by atoms with E-state index in [0.717, 1.165) is 44.2 Å². The number of carbonyl (C=O) groups is 1. The lowest BCUT2D eigenvalue weighted by Gasteiger charge is -2.33. The lowest BCUT2D eigenvalue weighted by Crippen LogP contribution is -2.45. The van der Waals surface area contributed by atoms with E-state index in [2.05, 4.69) is 15.2 Å². The van der Waals surface area contributed by atoms with Crippen molar-refractivity contribution < 1.29 is 14.3 Å². The number of morpholine rings is 1. The summed E-state index contributed by atoms with van der Waals surface area (Å²) in [6, 6.07) is 14.9. The van der Waals surface area contributed by atoms with Gasteiger partial charge in [0.15, 0.2) is 0 Å². The lowest BCUT2D eigenvalue weighted by atomic mass is 9.84. The summed E-state index contributed by atoms with van der Waals surface area (Å²) in [5.74, 6) is 0.341. The van der Waals surface area contributed by atoms with Crippen molar-refractivity contribution in [3.63, 3.8) is 0 Å². The molecule has 1 saturated heterocycles. The summed E-state index contributed by atoms with van der Waals surface area (Å²) in [4.78, 5) is 19.5. The van der Waals surface area contributed by atoms with Gasteiger partial charge in [-0.2, -0.15) is 5.26 Å². The number of ether oxygens (including phenoxy) is 2. The van der Waals surface area contributed by atoms with Crippen LogP contribution in [-0.2, 0) is 15.1 Å². The van der Waals surface area contributed by atoms with Crippen LogP contribution in [0.25, 0.3) is 6.08 Å². The minimum atomic E-state index is -0.610. The Hall–Kier alpha value is -2.92. The highest BCUT2D eigenvalue weighted by Gasteiger charge is 2.31. The molecule has 1 amide bonds. The summed E-state index contributed by atoms with van der Waals surface area (Å²) in [5, 5.41) is 13.0. The van der Waals surface area contributed by atoms with Gasteiger partial charge in [0, 0.05) is 19.6 Å².